The monoisotopic (exact) mass is 456 g/mol. The summed E-state index contributed by atoms with van der Waals surface area (Å²) in [6.07, 6.45) is 13.7. The van der Waals surface area contributed by atoms with E-state index in [1.165, 1.54) is 56.6 Å². The molecular formula is C30H48O3. The molecule has 8 unspecified atom stereocenters. The Morgan fingerprint density at radius 1 is 1.18 bits per heavy atom. The summed E-state index contributed by atoms with van der Waals surface area (Å²) in [5, 5.41) is 10.4. The van der Waals surface area contributed by atoms with E-state index in [9.17, 15) is 9.90 Å². The molecule has 3 fully saturated rings. The smallest absolute Gasteiger partial charge is 0.302 e. The summed E-state index contributed by atoms with van der Waals surface area (Å²) in [7, 11) is 0. The molecule has 1 N–H and O–H groups in total. The molecule has 0 radical (unpaired) electrons. The predicted octanol–water partition coefficient (Wildman–Crippen LogP) is 7.10. The maximum absolute atomic E-state index is 11.8. The highest BCUT2D eigenvalue weighted by Crippen LogP contribution is 2.67. The second-order valence-corrected chi connectivity index (χ2v) is 12.7. The van der Waals surface area contributed by atoms with Crippen LogP contribution in [0.3, 0.4) is 0 Å². The first-order valence-electron chi connectivity index (χ1n) is 13.8. The van der Waals surface area contributed by atoms with Crippen molar-refractivity contribution in [1.29, 1.82) is 0 Å². The highest BCUT2D eigenvalue weighted by Gasteiger charge is 2.60. The number of carbonyl (C=O) groups is 1. The summed E-state index contributed by atoms with van der Waals surface area (Å²) in [4.78, 5) is 11.8. The van der Waals surface area contributed by atoms with Gasteiger partial charge in [0.05, 0.1) is 6.10 Å². The standard InChI is InChI=1S/C30H48O3/c1-19(2)20(3)7-8-21(4)26-11-12-27-25-10-9-23-17-24(32)13-16-30(23,18-33-22(5)31)28(25)14-15-29(26,27)6/h9,19,21,24-28,32H,3,7-8,10-18H2,1-2,4-6H3. The summed E-state index contributed by atoms with van der Waals surface area (Å²) >= 11 is 0. The largest absolute Gasteiger partial charge is 0.465 e. The van der Waals surface area contributed by atoms with Gasteiger partial charge < -0.3 is 9.84 Å². The van der Waals surface area contributed by atoms with Crippen LogP contribution in [0.5, 0.6) is 0 Å². The van der Waals surface area contributed by atoms with Gasteiger partial charge in [0.25, 0.3) is 0 Å². The van der Waals surface area contributed by atoms with Gasteiger partial charge >= 0.3 is 5.97 Å². The number of hydrogen-bond acceptors (Lipinski definition) is 3. The van der Waals surface area contributed by atoms with Crippen molar-refractivity contribution >= 4 is 5.97 Å². The minimum absolute atomic E-state index is 0.0339. The van der Waals surface area contributed by atoms with E-state index in [0.717, 1.165) is 43.4 Å². The number of hydrogen-bond donors (Lipinski definition) is 1. The van der Waals surface area contributed by atoms with Crippen molar-refractivity contribution < 1.29 is 14.6 Å². The fourth-order valence-corrected chi connectivity index (χ4v) is 8.82. The Labute approximate surface area is 202 Å². The summed E-state index contributed by atoms with van der Waals surface area (Å²) < 4.78 is 5.73. The van der Waals surface area contributed by atoms with Crippen molar-refractivity contribution in [3.63, 3.8) is 0 Å². The van der Waals surface area contributed by atoms with Crippen molar-refractivity contribution in [2.75, 3.05) is 6.61 Å². The fourth-order valence-electron chi connectivity index (χ4n) is 8.82. The number of esters is 1. The first-order valence-corrected chi connectivity index (χ1v) is 13.8. The lowest BCUT2D eigenvalue weighted by molar-refractivity contribution is -0.150. The molecule has 3 nitrogen and oxygen atoms in total. The Hall–Kier alpha value is -1.09. The van der Waals surface area contributed by atoms with Crippen LogP contribution in [0.1, 0.15) is 98.8 Å². The molecule has 0 aliphatic heterocycles. The third-order valence-electron chi connectivity index (χ3n) is 10.8. The first kappa shape index (κ1) is 25.0. The number of aliphatic hydroxyl groups is 1. The molecule has 33 heavy (non-hydrogen) atoms. The molecule has 3 saturated carbocycles. The average molecular weight is 457 g/mol. The molecule has 4 aliphatic carbocycles. The van der Waals surface area contributed by atoms with Gasteiger partial charge in [-0.1, -0.05) is 51.5 Å². The van der Waals surface area contributed by atoms with Crippen molar-refractivity contribution in [1.82, 2.24) is 0 Å². The van der Waals surface area contributed by atoms with E-state index in [1.807, 2.05) is 0 Å². The van der Waals surface area contributed by atoms with E-state index in [0.29, 0.717) is 29.8 Å². The molecule has 186 valence electrons. The van der Waals surface area contributed by atoms with Crippen LogP contribution in [0.15, 0.2) is 23.8 Å². The van der Waals surface area contributed by atoms with Crippen molar-refractivity contribution in [3.8, 4) is 0 Å². The molecule has 0 aromatic heterocycles. The van der Waals surface area contributed by atoms with Crippen LogP contribution in [-0.4, -0.2) is 23.8 Å². The Morgan fingerprint density at radius 2 is 1.94 bits per heavy atom. The predicted molar refractivity (Wildman–Crippen MR) is 135 cm³/mol. The topological polar surface area (TPSA) is 46.5 Å². The third-order valence-corrected chi connectivity index (χ3v) is 10.8. The quantitative estimate of drug-likeness (QED) is 0.328. The third kappa shape index (κ3) is 4.48. The summed E-state index contributed by atoms with van der Waals surface area (Å²) in [6.45, 7) is 16.0. The summed E-state index contributed by atoms with van der Waals surface area (Å²) in [5.74, 6) is 4.04. The maximum atomic E-state index is 11.8. The Morgan fingerprint density at radius 3 is 2.64 bits per heavy atom. The lowest BCUT2D eigenvalue weighted by Crippen LogP contribution is -2.53. The van der Waals surface area contributed by atoms with E-state index in [2.05, 4.69) is 40.3 Å². The highest BCUT2D eigenvalue weighted by atomic mass is 16.5. The second kappa shape index (κ2) is 9.51. The van der Waals surface area contributed by atoms with Gasteiger partial charge in [-0.15, -0.1) is 0 Å². The van der Waals surface area contributed by atoms with Gasteiger partial charge in [-0.2, -0.15) is 0 Å². The Balaban J connectivity index is 1.54. The van der Waals surface area contributed by atoms with Crippen LogP contribution >= 0.6 is 0 Å². The lowest BCUT2D eigenvalue weighted by Gasteiger charge is -2.59. The Kier molecular flexibility index (Phi) is 7.21. The second-order valence-electron chi connectivity index (χ2n) is 12.7. The molecule has 4 aliphatic rings. The van der Waals surface area contributed by atoms with Crippen LogP contribution < -0.4 is 0 Å². The van der Waals surface area contributed by atoms with Crippen LogP contribution in [0.25, 0.3) is 0 Å². The average Bonchev–Trinajstić information content (AvgIpc) is 3.13. The van der Waals surface area contributed by atoms with E-state index < -0.39 is 0 Å². The molecule has 0 aromatic rings. The minimum atomic E-state index is -0.232. The number of allylic oxidation sites excluding steroid dienone is 2. The van der Waals surface area contributed by atoms with Crippen molar-refractivity contribution in [2.24, 2.45) is 46.3 Å². The normalized spacial score (nSPS) is 40.9. The van der Waals surface area contributed by atoms with E-state index in [1.54, 1.807) is 0 Å². The number of fused-ring (bicyclic) bond motifs is 5. The zero-order valence-electron chi connectivity index (χ0n) is 21.9. The molecule has 0 amide bonds. The van der Waals surface area contributed by atoms with Gasteiger partial charge in [0.1, 0.15) is 6.61 Å². The molecule has 8 atom stereocenters. The molecule has 0 aromatic carbocycles. The van der Waals surface area contributed by atoms with Crippen LogP contribution in [-0.2, 0) is 9.53 Å². The minimum Gasteiger partial charge on any atom is -0.465 e. The zero-order valence-corrected chi connectivity index (χ0v) is 21.9. The van der Waals surface area contributed by atoms with E-state index in [-0.39, 0.29) is 17.5 Å². The SMILES string of the molecule is C=C(CCC(C)C1CCC2C3CC=C4CC(O)CCC4(COC(C)=O)C3CCC12C)C(C)C. The number of carbonyl (C=O) groups excluding carboxylic acids is 1. The molecule has 0 spiro atoms. The van der Waals surface area contributed by atoms with Crippen molar-refractivity contribution in [2.45, 2.75) is 105 Å². The lowest BCUT2D eigenvalue weighted by atomic mass is 9.46. The van der Waals surface area contributed by atoms with E-state index in [4.69, 9.17) is 4.74 Å². The van der Waals surface area contributed by atoms with Crippen LogP contribution in [0.2, 0.25) is 0 Å². The van der Waals surface area contributed by atoms with Crippen LogP contribution in [0.4, 0.5) is 0 Å². The molecule has 0 bridgehead atoms. The molecule has 3 heteroatoms. The van der Waals surface area contributed by atoms with Crippen LogP contribution in [0, 0.1) is 46.3 Å². The zero-order chi connectivity index (χ0) is 24.0. The van der Waals surface area contributed by atoms with Gasteiger partial charge in [0, 0.05) is 12.3 Å². The van der Waals surface area contributed by atoms with E-state index >= 15 is 0 Å². The summed E-state index contributed by atoms with van der Waals surface area (Å²) in [5.41, 5.74) is 3.19. The van der Waals surface area contributed by atoms with Crippen molar-refractivity contribution in [3.05, 3.63) is 23.8 Å². The molecular weight excluding hydrogens is 408 g/mol. The molecule has 4 rings (SSSR count). The number of ether oxygens (including phenoxy) is 1. The van der Waals surface area contributed by atoms with Gasteiger partial charge in [-0.3, -0.25) is 4.79 Å². The fraction of sp³-hybridized carbons (Fsp3) is 0.833. The van der Waals surface area contributed by atoms with Gasteiger partial charge in [-0.25, -0.2) is 0 Å². The first-order chi connectivity index (χ1) is 15.6. The molecule has 0 heterocycles. The van der Waals surface area contributed by atoms with Gasteiger partial charge in [0.2, 0.25) is 0 Å². The number of aliphatic hydroxyl groups excluding tert-OH is 1. The highest BCUT2D eigenvalue weighted by molar-refractivity contribution is 5.66. The maximum Gasteiger partial charge on any atom is 0.302 e. The van der Waals surface area contributed by atoms with Gasteiger partial charge in [-0.05, 0) is 105 Å². The number of rotatable bonds is 7. The summed E-state index contributed by atoms with van der Waals surface area (Å²) in [6, 6.07) is 0. The van der Waals surface area contributed by atoms with Gasteiger partial charge in [0.15, 0.2) is 0 Å². The molecule has 0 saturated heterocycles. The Bertz CT molecular complexity index is 781.